The second kappa shape index (κ2) is 6.52. The number of rotatable bonds is 6. The van der Waals surface area contributed by atoms with Gasteiger partial charge < -0.3 is 10.8 Å². The number of benzene rings is 1. The molecule has 1 amide bonds. The lowest BCUT2D eigenvalue weighted by molar-refractivity contribution is -0.138. The van der Waals surface area contributed by atoms with Crippen LogP contribution in [0.5, 0.6) is 0 Å². The molecule has 0 fully saturated rings. The Morgan fingerprint density at radius 3 is 2.63 bits per heavy atom. The van der Waals surface area contributed by atoms with Gasteiger partial charge in [0, 0.05) is 17.7 Å². The summed E-state index contributed by atoms with van der Waals surface area (Å²) in [6.07, 6.45) is 5.12. The van der Waals surface area contributed by atoms with Gasteiger partial charge in [0.25, 0.3) is 0 Å². The maximum absolute atomic E-state index is 13.7. The van der Waals surface area contributed by atoms with Gasteiger partial charge in [0.05, 0.1) is 13.1 Å². The van der Waals surface area contributed by atoms with Gasteiger partial charge in [0.15, 0.2) is 0 Å². The number of terminal acetylenes is 1. The van der Waals surface area contributed by atoms with Crippen LogP contribution in [-0.4, -0.2) is 35.0 Å². The molecule has 3 N–H and O–H groups in total. The molecule has 0 unspecified atom stereocenters. The van der Waals surface area contributed by atoms with Crippen LogP contribution in [0.4, 0.5) is 4.39 Å². The van der Waals surface area contributed by atoms with Gasteiger partial charge in [-0.3, -0.25) is 14.5 Å². The quantitative estimate of drug-likeness (QED) is 0.730. The average molecular weight is 264 g/mol. The van der Waals surface area contributed by atoms with Crippen LogP contribution >= 0.6 is 0 Å². The Bertz CT molecular complexity index is 537. The Kier molecular flexibility index (Phi) is 5.03. The summed E-state index contributed by atoms with van der Waals surface area (Å²) in [7, 11) is 0. The van der Waals surface area contributed by atoms with Crippen molar-refractivity contribution >= 4 is 11.9 Å². The molecule has 0 aromatic heterocycles. The lowest BCUT2D eigenvalue weighted by Crippen LogP contribution is -2.30. The second-order valence-corrected chi connectivity index (χ2v) is 3.91. The van der Waals surface area contributed by atoms with Crippen molar-refractivity contribution in [1.82, 2.24) is 4.90 Å². The van der Waals surface area contributed by atoms with Crippen LogP contribution in [0.2, 0.25) is 0 Å². The van der Waals surface area contributed by atoms with Crippen molar-refractivity contribution in [3.63, 3.8) is 0 Å². The Morgan fingerprint density at radius 2 is 2.16 bits per heavy atom. The molecule has 6 heteroatoms. The molecular formula is C13H13FN2O3. The highest BCUT2D eigenvalue weighted by atomic mass is 19.1. The second-order valence-electron chi connectivity index (χ2n) is 3.91. The molecule has 100 valence electrons. The van der Waals surface area contributed by atoms with Gasteiger partial charge in [-0.25, -0.2) is 4.39 Å². The van der Waals surface area contributed by atoms with Crippen molar-refractivity contribution in [2.24, 2.45) is 5.73 Å². The van der Waals surface area contributed by atoms with Crippen molar-refractivity contribution < 1.29 is 19.1 Å². The molecule has 0 atom stereocenters. The van der Waals surface area contributed by atoms with E-state index in [4.69, 9.17) is 17.3 Å². The van der Waals surface area contributed by atoms with Crippen LogP contribution in [0.3, 0.4) is 0 Å². The first-order valence-corrected chi connectivity index (χ1v) is 5.40. The smallest absolute Gasteiger partial charge is 0.317 e. The van der Waals surface area contributed by atoms with E-state index in [0.717, 1.165) is 6.07 Å². The number of carbonyl (C=O) groups excluding carboxylic acids is 1. The molecule has 0 saturated carbocycles. The molecule has 0 bridgehead atoms. The van der Waals surface area contributed by atoms with E-state index in [1.807, 2.05) is 0 Å². The number of primary amides is 1. The molecular weight excluding hydrogens is 251 g/mol. The first kappa shape index (κ1) is 14.7. The van der Waals surface area contributed by atoms with E-state index in [-0.39, 0.29) is 30.8 Å². The molecule has 1 aromatic rings. The third kappa shape index (κ3) is 4.41. The first-order chi connectivity index (χ1) is 8.93. The summed E-state index contributed by atoms with van der Waals surface area (Å²) in [5.41, 5.74) is 5.34. The number of carbonyl (C=O) groups is 2. The molecule has 0 radical (unpaired) electrons. The van der Waals surface area contributed by atoms with Gasteiger partial charge in [-0.2, -0.15) is 0 Å². The van der Waals surface area contributed by atoms with Crippen molar-refractivity contribution in [3.05, 3.63) is 35.1 Å². The fourth-order valence-corrected chi connectivity index (χ4v) is 1.56. The number of carboxylic acid groups (broad SMARTS) is 1. The van der Waals surface area contributed by atoms with E-state index >= 15 is 0 Å². The normalized spacial score (nSPS) is 10.2. The van der Waals surface area contributed by atoms with Crippen molar-refractivity contribution in [3.8, 4) is 12.3 Å². The molecule has 19 heavy (non-hydrogen) atoms. The number of nitrogens with two attached hydrogens (primary N) is 1. The summed E-state index contributed by atoms with van der Waals surface area (Å²) in [5.74, 6) is -0.0900. The molecule has 0 spiro atoms. The van der Waals surface area contributed by atoms with Crippen molar-refractivity contribution in [1.29, 1.82) is 0 Å². The van der Waals surface area contributed by atoms with Crippen LogP contribution in [0.15, 0.2) is 18.2 Å². The minimum atomic E-state index is -1.05. The Morgan fingerprint density at radius 1 is 1.47 bits per heavy atom. The topological polar surface area (TPSA) is 83.6 Å². The Labute approximate surface area is 109 Å². The number of hydrogen-bond donors (Lipinski definition) is 2. The zero-order valence-electron chi connectivity index (χ0n) is 10.1. The predicted molar refractivity (Wildman–Crippen MR) is 66.7 cm³/mol. The van der Waals surface area contributed by atoms with Crippen molar-refractivity contribution in [2.75, 3.05) is 13.1 Å². The van der Waals surface area contributed by atoms with Crippen molar-refractivity contribution in [2.45, 2.75) is 6.54 Å². The Balaban J connectivity index is 2.88. The molecule has 0 heterocycles. The lowest BCUT2D eigenvalue weighted by atomic mass is 10.1. The lowest BCUT2D eigenvalue weighted by Gasteiger charge is -2.17. The molecule has 0 aliphatic rings. The van der Waals surface area contributed by atoms with Crippen LogP contribution in [-0.2, 0) is 11.3 Å². The van der Waals surface area contributed by atoms with Gasteiger partial charge in [0.1, 0.15) is 5.82 Å². The standard InChI is InChI=1S/C13H13FN2O3/c1-2-5-16(8-12(17)18)7-10-4-3-9(13(15)19)6-11(10)14/h1,3-4,6H,5,7-8H2,(H2,15,19)(H,17,18). The van der Waals surface area contributed by atoms with E-state index in [9.17, 15) is 14.0 Å². The molecule has 1 rings (SSSR count). The summed E-state index contributed by atoms with van der Waals surface area (Å²) < 4.78 is 13.7. The summed E-state index contributed by atoms with van der Waals surface area (Å²) in [5, 5.41) is 8.71. The summed E-state index contributed by atoms with van der Waals surface area (Å²) in [6, 6.07) is 3.79. The fourth-order valence-electron chi connectivity index (χ4n) is 1.56. The van der Waals surface area contributed by atoms with E-state index in [1.54, 1.807) is 0 Å². The largest absolute Gasteiger partial charge is 0.480 e. The van der Waals surface area contributed by atoms with Gasteiger partial charge >= 0.3 is 5.97 Å². The highest BCUT2D eigenvalue weighted by molar-refractivity contribution is 5.92. The van der Waals surface area contributed by atoms with E-state index in [2.05, 4.69) is 5.92 Å². The molecule has 1 aromatic carbocycles. The van der Waals surface area contributed by atoms with Gasteiger partial charge in [0.2, 0.25) is 5.91 Å². The van der Waals surface area contributed by atoms with Crippen LogP contribution in [0, 0.1) is 18.2 Å². The van der Waals surface area contributed by atoms with E-state index < -0.39 is 17.7 Å². The van der Waals surface area contributed by atoms with Crippen LogP contribution in [0.1, 0.15) is 15.9 Å². The monoisotopic (exact) mass is 264 g/mol. The minimum Gasteiger partial charge on any atom is -0.480 e. The molecule has 5 nitrogen and oxygen atoms in total. The maximum Gasteiger partial charge on any atom is 0.317 e. The third-order valence-corrected chi connectivity index (χ3v) is 2.41. The van der Waals surface area contributed by atoms with Gasteiger partial charge in [-0.1, -0.05) is 12.0 Å². The van der Waals surface area contributed by atoms with Gasteiger partial charge in [-0.05, 0) is 12.1 Å². The predicted octanol–water partition coefficient (Wildman–Crippen LogP) is 0.444. The number of nitrogens with zero attached hydrogens (tertiary/aromatic N) is 1. The minimum absolute atomic E-state index is 0.0430. The fraction of sp³-hybridized carbons (Fsp3) is 0.231. The van der Waals surface area contributed by atoms with Crippen LogP contribution < -0.4 is 5.73 Å². The molecule has 0 aliphatic heterocycles. The zero-order valence-corrected chi connectivity index (χ0v) is 10.1. The molecule has 0 saturated heterocycles. The zero-order chi connectivity index (χ0) is 14.4. The van der Waals surface area contributed by atoms with Gasteiger partial charge in [-0.15, -0.1) is 6.42 Å². The highest BCUT2D eigenvalue weighted by Gasteiger charge is 2.13. The number of carboxylic acids is 1. The number of aliphatic carboxylic acids is 1. The van der Waals surface area contributed by atoms with E-state index in [0.29, 0.717) is 0 Å². The highest BCUT2D eigenvalue weighted by Crippen LogP contribution is 2.12. The summed E-state index contributed by atoms with van der Waals surface area (Å²) in [4.78, 5) is 22.9. The first-order valence-electron chi connectivity index (χ1n) is 5.40. The number of hydrogen-bond acceptors (Lipinski definition) is 3. The number of amides is 1. The SMILES string of the molecule is C#CCN(CC(=O)O)Cc1ccc(C(N)=O)cc1F. The molecule has 0 aliphatic carbocycles. The van der Waals surface area contributed by atoms with Crippen LogP contribution in [0.25, 0.3) is 0 Å². The third-order valence-electron chi connectivity index (χ3n) is 2.41. The van der Waals surface area contributed by atoms with E-state index in [1.165, 1.54) is 17.0 Å². The Hall–Kier alpha value is -2.39. The number of halogens is 1. The summed E-state index contributed by atoms with van der Waals surface area (Å²) >= 11 is 0. The summed E-state index contributed by atoms with van der Waals surface area (Å²) in [6.45, 7) is -0.161. The average Bonchev–Trinajstić information content (AvgIpc) is 2.31. The maximum atomic E-state index is 13.7.